The molecule has 12 aromatic rings. The first kappa shape index (κ1) is 54.0. The maximum absolute atomic E-state index is 11.5. The Labute approximate surface area is 478 Å². The second-order valence-electron chi connectivity index (χ2n) is 17.3. The fraction of sp³-hybridized carbons (Fsp3) is 0.0714. The van der Waals surface area contributed by atoms with E-state index in [2.05, 4.69) is 116 Å². The first-order chi connectivity index (χ1) is 37.5. The zero-order chi connectivity index (χ0) is 55.4. The van der Waals surface area contributed by atoms with Crippen molar-refractivity contribution < 1.29 is 9.59 Å². The number of nitriles is 2. The third-order valence-corrected chi connectivity index (χ3v) is 13.5. The van der Waals surface area contributed by atoms with Gasteiger partial charge in [0.2, 0.25) is 11.8 Å². The Kier molecular flexibility index (Phi) is 16.1. The Morgan fingerprint density at radius 1 is 0.462 bits per heavy atom. The number of hydrogen-bond acceptors (Lipinski definition) is 12. The average Bonchev–Trinajstić information content (AvgIpc) is 4.24. The summed E-state index contributed by atoms with van der Waals surface area (Å²) in [6.45, 7) is 7.70. The Bertz CT molecular complexity index is 4350. The van der Waals surface area contributed by atoms with Gasteiger partial charge in [-0.25, -0.2) is 38.7 Å². The Balaban J connectivity index is 0.000000126. The number of aryl methyl sites for hydroxylation is 4. The van der Waals surface area contributed by atoms with Crippen LogP contribution in [-0.2, 0) is 0 Å². The molecule has 2 amide bonds. The molecule has 0 saturated heterocycles. The number of nitrogens with two attached hydrogens (primary N) is 2. The number of rotatable bonds is 6. The minimum Gasteiger partial charge on any atom is -0.366 e. The summed E-state index contributed by atoms with van der Waals surface area (Å²) in [4.78, 5) is 40.8. The number of pyridine rings is 4. The van der Waals surface area contributed by atoms with Gasteiger partial charge in [0.05, 0.1) is 68.9 Å². The summed E-state index contributed by atoms with van der Waals surface area (Å²) in [5.41, 5.74) is 19.7. The lowest BCUT2D eigenvalue weighted by Crippen LogP contribution is -2.11. The standard InChI is InChI=1S/2C14H11BrN4O.2C14H9BrN4/c1-8-3-2-4-13(17-8)19-7-11-10(14(16)20)5-9(15)6-12(11)18-19;1-8-3-2-4-13(18-8)19-12-6-9(15)5-10(14(16)20)11(12)7-17-19;1-9-3-2-4-14(17-9)19-8-12-10(7-16)5-11(15)6-13(12)18-19;1-9-3-2-4-14(18-9)19-13-6-11(15)5-10(7-16)12(13)8-17-19/h2*2-7H,1H3,(H2,16,20);2*2-6,8H,1H3. The van der Waals surface area contributed by atoms with E-state index < -0.39 is 11.8 Å². The van der Waals surface area contributed by atoms with E-state index in [-0.39, 0.29) is 0 Å². The van der Waals surface area contributed by atoms with E-state index in [9.17, 15) is 9.59 Å². The highest BCUT2D eigenvalue weighted by Gasteiger charge is 2.16. The van der Waals surface area contributed by atoms with Crippen molar-refractivity contribution in [3.8, 4) is 35.4 Å². The van der Waals surface area contributed by atoms with Gasteiger partial charge in [-0.05, 0) is 125 Å². The van der Waals surface area contributed by atoms with Gasteiger partial charge in [-0.1, -0.05) is 88.0 Å². The van der Waals surface area contributed by atoms with Crippen molar-refractivity contribution in [2.24, 2.45) is 11.5 Å². The number of fused-ring (bicyclic) bond motifs is 4. The second kappa shape index (κ2) is 23.2. The summed E-state index contributed by atoms with van der Waals surface area (Å²) < 4.78 is 10.0. The van der Waals surface area contributed by atoms with Crippen LogP contribution in [0.4, 0.5) is 0 Å². The first-order valence-electron chi connectivity index (χ1n) is 23.3. The predicted octanol–water partition coefficient (Wildman–Crippen LogP) is 11.9. The monoisotopic (exact) mass is 1280 g/mol. The van der Waals surface area contributed by atoms with Crippen LogP contribution in [0, 0.1) is 50.4 Å². The van der Waals surface area contributed by atoms with E-state index in [0.717, 1.165) is 79.6 Å². The van der Waals surface area contributed by atoms with Gasteiger partial charge in [0, 0.05) is 74.6 Å². The number of halogens is 4. The molecule has 4 aromatic carbocycles. The molecular formula is C56H40Br4N16O2. The molecule has 0 fully saturated rings. The number of aromatic nitrogens is 12. The quantitative estimate of drug-likeness (QED) is 0.158. The largest absolute Gasteiger partial charge is 0.366 e. The maximum Gasteiger partial charge on any atom is 0.249 e. The number of primary amides is 2. The zero-order valence-corrected chi connectivity index (χ0v) is 47.9. The summed E-state index contributed by atoms with van der Waals surface area (Å²) in [6.07, 6.45) is 6.93. The first-order valence-corrected chi connectivity index (χ1v) is 26.5. The summed E-state index contributed by atoms with van der Waals surface area (Å²) in [6, 6.07) is 41.8. The van der Waals surface area contributed by atoms with Crippen LogP contribution in [0.5, 0.6) is 0 Å². The minimum absolute atomic E-state index is 0.438. The van der Waals surface area contributed by atoms with Gasteiger partial charge in [-0.2, -0.15) is 30.9 Å². The third-order valence-electron chi connectivity index (χ3n) is 11.7. The topological polar surface area (TPSA) is 257 Å². The number of nitrogens with zero attached hydrogens (tertiary/aromatic N) is 14. The van der Waals surface area contributed by atoms with Crippen LogP contribution in [0.3, 0.4) is 0 Å². The van der Waals surface area contributed by atoms with E-state index in [0.29, 0.717) is 50.2 Å². The number of carbonyl (C=O) groups is 2. The van der Waals surface area contributed by atoms with Crippen molar-refractivity contribution >= 4 is 119 Å². The molecule has 78 heavy (non-hydrogen) atoms. The minimum atomic E-state index is -0.479. The van der Waals surface area contributed by atoms with Gasteiger partial charge in [-0.3, -0.25) is 9.59 Å². The zero-order valence-electron chi connectivity index (χ0n) is 41.6. The number of amides is 2. The van der Waals surface area contributed by atoms with E-state index in [1.807, 2.05) is 131 Å². The van der Waals surface area contributed by atoms with Crippen molar-refractivity contribution in [3.05, 3.63) is 209 Å². The molecule has 0 aliphatic rings. The molecule has 0 bridgehead atoms. The third kappa shape index (κ3) is 11.9. The molecule has 12 rings (SSSR count). The van der Waals surface area contributed by atoms with Crippen LogP contribution < -0.4 is 11.5 Å². The molecule has 0 spiro atoms. The summed E-state index contributed by atoms with van der Waals surface area (Å²) in [5.74, 6) is 1.94. The molecule has 8 aromatic heterocycles. The predicted molar refractivity (Wildman–Crippen MR) is 312 cm³/mol. The van der Waals surface area contributed by atoms with Crippen LogP contribution in [-0.4, -0.2) is 70.9 Å². The Morgan fingerprint density at radius 2 is 0.821 bits per heavy atom. The lowest BCUT2D eigenvalue weighted by Gasteiger charge is -2.05. The summed E-state index contributed by atoms with van der Waals surface area (Å²) >= 11 is 13.5. The molecule has 384 valence electrons. The van der Waals surface area contributed by atoms with Gasteiger partial charge < -0.3 is 11.5 Å². The van der Waals surface area contributed by atoms with Crippen LogP contribution >= 0.6 is 63.7 Å². The molecule has 0 radical (unpaired) electrons. The molecule has 18 nitrogen and oxygen atoms in total. The lowest BCUT2D eigenvalue weighted by atomic mass is 10.1. The Morgan fingerprint density at radius 3 is 1.28 bits per heavy atom. The fourth-order valence-corrected chi connectivity index (χ4v) is 9.94. The number of carbonyl (C=O) groups excluding carboxylic acids is 2. The van der Waals surface area contributed by atoms with Crippen LogP contribution in [0.1, 0.15) is 54.6 Å². The smallest absolute Gasteiger partial charge is 0.249 e. The van der Waals surface area contributed by atoms with Gasteiger partial charge in [0.25, 0.3) is 0 Å². The number of benzene rings is 4. The summed E-state index contributed by atoms with van der Waals surface area (Å²) in [5, 5.41) is 39.0. The highest BCUT2D eigenvalue weighted by Crippen LogP contribution is 2.29. The van der Waals surface area contributed by atoms with Crippen molar-refractivity contribution in [3.63, 3.8) is 0 Å². The highest BCUT2D eigenvalue weighted by atomic mass is 79.9. The van der Waals surface area contributed by atoms with E-state index in [1.165, 1.54) is 0 Å². The maximum atomic E-state index is 11.5. The van der Waals surface area contributed by atoms with Gasteiger partial charge in [0.1, 0.15) is 0 Å². The lowest BCUT2D eigenvalue weighted by molar-refractivity contribution is 0.0993. The second-order valence-corrected chi connectivity index (χ2v) is 21.0. The number of hydrogen-bond donors (Lipinski definition) is 2. The van der Waals surface area contributed by atoms with E-state index in [1.54, 1.807) is 61.6 Å². The molecule has 0 unspecified atom stereocenters. The average molecular weight is 1290 g/mol. The molecule has 8 heterocycles. The van der Waals surface area contributed by atoms with Crippen molar-refractivity contribution in [1.82, 2.24) is 59.1 Å². The molecule has 0 atom stereocenters. The molecule has 0 aliphatic carbocycles. The van der Waals surface area contributed by atoms with Gasteiger partial charge >= 0.3 is 0 Å². The van der Waals surface area contributed by atoms with E-state index >= 15 is 0 Å². The molecular weight excluding hydrogens is 1250 g/mol. The van der Waals surface area contributed by atoms with E-state index in [4.69, 9.17) is 22.0 Å². The van der Waals surface area contributed by atoms with Crippen molar-refractivity contribution in [2.75, 3.05) is 0 Å². The molecule has 4 N–H and O–H groups in total. The van der Waals surface area contributed by atoms with Gasteiger partial charge in [0.15, 0.2) is 23.3 Å². The normalized spacial score (nSPS) is 10.7. The highest BCUT2D eigenvalue weighted by molar-refractivity contribution is 9.11. The SMILES string of the molecule is Cc1cccc(-n2cc3c(C#N)cc(Br)cc3n2)n1.Cc1cccc(-n2cc3c(C(N)=O)cc(Br)cc3n2)n1.Cc1cccc(-n2ncc3c(C#N)cc(Br)cc32)n1.Cc1cccc(-n2ncc3c(C(N)=O)cc(Br)cc32)n1. The molecule has 22 heteroatoms. The Hall–Kier alpha value is -8.80. The van der Waals surface area contributed by atoms with Crippen molar-refractivity contribution in [2.45, 2.75) is 27.7 Å². The molecule has 0 saturated carbocycles. The molecule has 0 aliphatic heterocycles. The van der Waals surface area contributed by atoms with Gasteiger partial charge in [-0.15, -0.1) is 0 Å². The van der Waals surface area contributed by atoms with Crippen LogP contribution in [0.2, 0.25) is 0 Å². The van der Waals surface area contributed by atoms with Crippen LogP contribution in [0.15, 0.2) is 164 Å². The summed E-state index contributed by atoms with van der Waals surface area (Å²) in [7, 11) is 0. The van der Waals surface area contributed by atoms with Crippen LogP contribution in [0.25, 0.3) is 66.9 Å². The fourth-order valence-electron chi connectivity index (χ4n) is 8.16. The van der Waals surface area contributed by atoms with Crippen molar-refractivity contribution in [1.29, 1.82) is 10.5 Å².